The van der Waals surface area contributed by atoms with Crippen molar-refractivity contribution in [3.8, 4) is 0 Å². The highest BCUT2D eigenvalue weighted by Gasteiger charge is 2.12. The molecule has 0 radical (unpaired) electrons. The molecule has 1 N–H and O–H groups in total. The van der Waals surface area contributed by atoms with E-state index in [0.717, 1.165) is 22.4 Å². The monoisotopic (exact) mass is 327 g/mol. The number of ether oxygens (including phenoxy) is 2. The Morgan fingerprint density at radius 1 is 1.00 bits per heavy atom. The van der Waals surface area contributed by atoms with Gasteiger partial charge in [-0.2, -0.15) is 0 Å². The van der Waals surface area contributed by atoms with Crippen LogP contribution in [-0.2, 0) is 20.9 Å². The average molecular weight is 327 g/mol. The van der Waals surface area contributed by atoms with Crippen LogP contribution in [0.2, 0.25) is 0 Å². The number of para-hydroxylation sites is 1. The first-order chi connectivity index (χ1) is 11.5. The van der Waals surface area contributed by atoms with Gasteiger partial charge < -0.3 is 14.8 Å². The molecule has 0 spiro atoms. The Morgan fingerprint density at radius 3 is 2.21 bits per heavy atom. The fourth-order valence-corrected chi connectivity index (χ4v) is 2.31. The lowest BCUT2D eigenvalue weighted by atomic mass is 10.1. The van der Waals surface area contributed by atoms with Crippen LogP contribution in [0.1, 0.15) is 27.0 Å². The van der Waals surface area contributed by atoms with Gasteiger partial charge >= 0.3 is 5.97 Å². The van der Waals surface area contributed by atoms with Crippen molar-refractivity contribution in [2.24, 2.45) is 0 Å². The van der Waals surface area contributed by atoms with Gasteiger partial charge in [0.2, 0.25) is 0 Å². The number of carbonyl (C=O) groups is 2. The summed E-state index contributed by atoms with van der Waals surface area (Å²) in [5, 5.41) is 2.78. The highest BCUT2D eigenvalue weighted by molar-refractivity contribution is 5.96. The van der Waals surface area contributed by atoms with E-state index in [1.165, 1.54) is 0 Å². The normalized spacial score (nSPS) is 10.3. The average Bonchev–Trinajstić information content (AvgIpc) is 2.57. The van der Waals surface area contributed by atoms with Crippen LogP contribution in [0.4, 0.5) is 5.69 Å². The van der Waals surface area contributed by atoms with Crippen molar-refractivity contribution in [1.82, 2.24) is 0 Å². The Balaban J connectivity index is 1.90. The van der Waals surface area contributed by atoms with Gasteiger partial charge in [0.25, 0.3) is 5.91 Å². The number of benzene rings is 2. The first kappa shape index (κ1) is 17.7. The van der Waals surface area contributed by atoms with Crippen LogP contribution in [0, 0.1) is 13.8 Å². The molecule has 0 aromatic heterocycles. The molecule has 2 aromatic carbocycles. The van der Waals surface area contributed by atoms with Gasteiger partial charge in [0.05, 0.1) is 12.2 Å². The number of esters is 1. The number of carbonyl (C=O) groups excluding carboxylic acids is 2. The maximum atomic E-state index is 12.0. The van der Waals surface area contributed by atoms with Crippen molar-refractivity contribution >= 4 is 17.6 Å². The molecule has 0 saturated carbocycles. The molecule has 0 fully saturated rings. The third-order valence-electron chi connectivity index (χ3n) is 3.58. The largest absolute Gasteiger partial charge is 0.452 e. The van der Waals surface area contributed by atoms with E-state index in [2.05, 4.69) is 5.32 Å². The van der Waals surface area contributed by atoms with E-state index in [1.807, 2.05) is 32.0 Å². The van der Waals surface area contributed by atoms with E-state index in [-0.39, 0.29) is 12.5 Å². The number of anilines is 1. The number of aryl methyl sites for hydroxylation is 2. The molecule has 0 heterocycles. The summed E-state index contributed by atoms with van der Waals surface area (Å²) in [6.07, 6.45) is 0. The van der Waals surface area contributed by atoms with Crippen LogP contribution in [0.5, 0.6) is 0 Å². The van der Waals surface area contributed by atoms with E-state index in [9.17, 15) is 9.59 Å². The van der Waals surface area contributed by atoms with Crippen LogP contribution in [0.3, 0.4) is 0 Å². The van der Waals surface area contributed by atoms with Gasteiger partial charge in [0.1, 0.15) is 0 Å². The molecule has 0 aliphatic heterocycles. The topological polar surface area (TPSA) is 64.6 Å². The predicted octanol–water partition coefficient (Wildman–Crippen LogP) is 3.25. The smallest absolute Gasteiger partial charge is 0.338 e. The molecular formula is C19H21NO4. The minimum atomic E-state index is -0.532. The Kier molecular flexibility index (Phi) is 6.09. The number of amides is 1. The quantitative estimate of drug-likeness (QED) is 0.827. The molecule has 0 unspecified atom stereocenters. The number of methoxy groups -OCH3 is 1. The van der Waals surface area contributed by atoms with Crippen molar-refractivity contribution in [2.75, 3.05) is 19.0 Å². The lowest BCUT2D eigenvalue weighted by molar-refractivity contribution is -0.119. The standard InChI is InChI=1S/C19H21NO4/c1-13-5-4-6-14(2)18(13)20-17(21)12-24-19(22)16-9-7-15(8-10-16)11-23-3/h4-10H,11-12H2,1-3H3,(H,20,21). The van der Waals surface area contributed by atoms with Gasteiger partial charge in [-0.15, -0.1) is 0 Å². The van der Waals surface area contributed by atoms with Gasteiger partial charge in [-0.05, 0) is 42.7 Å². The van der Waals surface area contributed by atoms with E-state index >= 15 is 0 Å². The predicted molar refractivity (Wildman–Crippen MR) is 92.0 cm³/mol. The summed E-state index contributed by atoms with van der Waals surface area (Å²) < 4.78 is 10.1. The highest BCUT2D eigenvalue weighted by atomic mass is 16.5. The second-order valence-corrected chi connectivity index (χ2v) is 5.52. The molecule has 0 aliphatic rings. The number of hydrogen-bond donors (Lipinski definition) is 1. The summed E-state index contributed by atoms with van der Waals surface area (Å²) in [6.45, 7) is 3.98. The van der Waals surface area contributed by atoms with E-state index in [1.54, 1.807) is 31.4 Å². The number of rotatable bonds is 6. The SMILES string of the molecule is COCc1ccc(C(=O)OCC(=O)Nc2c(C)cccc2C)cc1. The fraction of sp³-hybridized carbons (Fsp3) is 0.263. The summed E-state index contributed by atoms with van der Waals surface area (Å²) >= 11 is 0. The van der Waals surface area contributed by atoms with Gasteiger partial charge in [-0.3, -0.25) is 4.79 Å². The Hall–Kier alpha value is -2.66. The number of nitrogens with one attached hydrogen (secondary N) is 1. The van der Waals surface area contributed by atoms with Crippen molar-refractivity contribution < 1.29 is 19.1 Å². The second-order valence-electron chi connectivity index (χ2n) is 5.52. The van der Waals surface area contributed by atoms with Crippen LogP contribution >= 0.6 is 0 Å². The van der Waals surface area contributed by atoms with Crippen LogP contribution in [0.25, 0.3) is 0 Å². The number of hydrogen-bond acceptors (Lipinski definition) is 4. The summed E-state index contributed by atoms with van der Waals surface area (Å²) in [6, 6.07) is 12.6. The van der Waals surface area contributed by atoms with E-state index in [4.69, 9.17) is 9.47 Å². The maximum absolute atomic E-state index is 12.0. The molecule has 0 saturated heterocycles. The Morgan fingerprint density at radius 2 is 1.62 bits per heavy atom. The summed E-state index contributed by atoms with van der Waals surface area (Å²) in [5.74, 6) is -0.896. The van der Waals surface area contributed by atoms with Gasteiger partial charge in [0, 0.05) is 12.8 Å². The second kappa shape index (κ2) is 8.26. The van der Waals surface area contributed by atoms with Crippen molar-refractivity contribution in [1.29, 1.82) is 0 Å². The Bertz CT molecular complexity index is 702. The third-order valence-corrected chi connectivity index (χ3v) is 3.58. The Labute approximate surface area is 141 Å². The molecule has 2 rings (SSSR count). The molecule has 0 atom stereocenters. The zero-order valence-corrected chi connectivity index (χ0v) is 14.1. The molecule has 5 heteroatoms. The molecule has 2 aromatic rings. The molecular weight excluding hydrogens is 306 g/mol. The van der Waals surface area contributed by atoms with Gasteiger partial charge in [-0.1, -0.05) is 30.3 Å². The molecule has 126 valence electrons. The summed E-state index contributed by atoms with van der Waals surface area (Å²) in [4.78, 5) is 24.0. The van der Waals surface area contributed by atoms with E-state index < -0.39 is 5.97 Å². The minimum Gasteiger partial charge on any atom is -0.452 e. The molecule has 24 heavy (non-hydrogen) atoms. The molecule has 0 bridgehead atoms. The minimum absolute atomic E-state index is 0.327. The fourth-order valence-electron chi connectivity index (χ4n) is 2.31. The zero-order chi connectivity index (χ0) is 17.5. The van der Waals surface area contributed by atoms with Gasteiger partial charge in [0.15, 0.2) is 6.61 Å². The first-order valence-electron chi connectivity index (χ1n) is 7.62. The van der Waals surface area contributed by atoms with Crippen molar-refractivity contribution in [3.63, 3.8) is 0 Å². The summed E-state index contributed by atoms with van der Waals surface area (Å²) in [5.41, 5.74) is 4.03. The lowest BCUT2D eigenvalue weighted by Crippen LogP contribution is -2.21. The maximum Gasteiger partial charge on any atom is 0.338 e. The van der Waals surface area contributed by atoms with E-state index in [0.29, 0.717) is 12.2 Å². The highest BCUT2D eigenvalue weighted by Crippen LogP contribution is 2.19. The molecule has 5 nitrogen and oxygen atoms in total. The van der Waals surface area contributed by atoms with Crippen LogP contribution < -0.4 is 5.32 Å². The first-order valence-corrected chi connectivity index (χ1v) is 7.62. The lowest BCUT2D eigenvalue weighted by Gasteiger charge is -2.11. The molecule has 1 amide bonds. The van der Waals surface area contributed by atoms with Crippen molar-refractivity contribution in [2.45, 2.75) is 20.5 Å². The van der Waals surface area contributed by atoms with Gasteiger partial charge in [-0.25, -0.2) is 4.79 Å². The zero-order valence-electron chi connectivity index (χ0n) is 14.1. The third kappa shape index (κ3) is 4.67. The van der Waals surface area contributed by atoms with Crippen molar-refractivity contribution in [3.05, 3.63) is 64.7 Å². The molecule has 0 aliphatic carbocycles. The van der Waals surface area contributed by atoms with Crippen LogP contribution in [0.15, 0.2) is 42.5 Å². The summed E-state index contributed by atoms with van der Waals surface area (Å²) in [7, 11) is 1.61. The van der Waals surface area contributed by atoms with Crippen LogP contribution in [-0.4, -0.2) is 25.6 Å².